The number of halogens is 5. The minimum atomic E-state index is -5.27. The van der Waals surface area contributed by atoms with Crippen LogP contribution >= 0.6 is 0 Å². The van der Waals surface area contributed by atoms with Crippen LogP contribution in [-0.4, -0.2) is 35.8 Å². The summed E-state index contributed by atoms with van der Waals surface area (Å²) in [5, 5.41) is 11.0. The van der Waals surface area contributed by atoms with Gasteiger partial charge in [-0.05, 0) is 30.5 Å². The molecule has 0 saturated carbocycles. The zero-order valence-electron chi connectivity index (χ0n) is 13.4. The molecule has 0 saturated heterocycles. The van der Waals surface area contributed by atoms with Crippen molar-refractivity contribution in [3.8, 4) is 5.75 Å². The molecule has 3 rings (SSSR count). The number of carboxylic acids is 1. The molecule has 0 bridgehead atoms. The van der Waals surface area contributed by atoms with Crippen LogP contribution in [0, 0.1) is 0 Å². The van der Waals surface area contributed by atoms with E-state index in [1.165, 1.54) is 18.2 Å². The number of benzene rings is 1. The molecule has 0 amide bonds. The van der Waals surface area contributed by atoms with Crippen LogP contribution in [0.5, 0.6) is 5.75 Å². The predicted molar refractivity (Wildman–Crippen MR) is 83.8 cm³/mol. The molecular formula is C17H12F5NO4. The molecule has 0 aliphatic carbocycles. The first kappa shape index (κ1) is 18.7. The van der Waals surface area contributed by atoms with Crippen molar-refractivity contribution in [3.63, 3.8) is 0 Å². The SMILES string of the molecule is O=C(O)c1coc2ccc(OCC3=CC=CNC3(C(F)F)C(F)(F)F)cc12. The summed E-state index contributed by atoms with van der Waals surface area (Å²) in [5.74, 6) is -1.25. The topological polar surface area (TPSA) is 71.7 Å². The van der Waals surface area contributed by atoms with Gasteiger partial charge in [0.05, 0.1) is 0 Å². The summed E-state index contributed by atoms with van der Waals surface area (Å²) >= 11 is 0. The van der Waals surface area contributed by atoms with Gasteiger partial charge in [0.25, 0.3) is 6.43 Å². The van der Waals surface area contributed by atoms with Gasteiger partial charge in [-0.1, -0.05) is 6.08 Å². The molecule has 0 fully saturated rings. The number of furan rings is 1. The zero-order chi connectivity index (χ0) is 19.8. The van der Waals surface area contributed by atoms with Crippen molar-refractivity contribution >= 4 is 16.9 Å². The number of carbonyl (C=O) groups is 1. The fourth-order valence-corrected chi connectivity index (χ4v) is 2.75. The average Bonchev–Trinajstić information content (AvgIpc) is 3.02. The third-order valence-electron chi connectivity index (χ3n) is 4.16. The van der Waals surface area contributed by atoms with Gasteiger partial charge in [0.1, 0.15) is 29.8 Å². The first-order valence-electron chi connectivity index (χ1n) is 7.53. The third kappa shape index (κ3) is 3.11. The Morgan fingerprint density at radius 1 is 1.33 bits per heavy atom. The van der Waals surface area contributed by atoms with Gasteiger partial charge in [0, 0.05) is 11.0 Å². The minimum absolute atomic E-state index is 0.00666. The van der Waals surface area contributed by atoms with Crippen LogP contribution < -0.4 is 10.1 Å². The van der Waals surface area contributed by atoms with Crippen molar-refractivity contribution in [2.45, 2.75) is 18.1 Å². The van der Waals surface area contributed by atoms with E-state index in [4.69, 9.17) is 14.3 Å². The van der Waals surface area contributed by atoms with Crippen LogP contribution in [-0.2, 0) is 0 Å². The molecule has 0 spiro atoms. The molecular weight excluding hydrogens is 377 g/mol. The highest BCUT2D eigenvalue weighted by atomic mass is 19.4. The van der Waals surface area contributed by atoms with E-state index in [0.717, 1.165) is 24.6 Å². The predicted octanol–water partition coefficient (Wildman–Crippen LogP) is 4.12. The summed E-state index contributed by atoms with van der Waals surface area (Å²) in [5.41, 5.74) is -4.20. The zero-order valence-corrected chi connectivity index (χ0v) is 13.4. The molecule has 0 radical (unpaired) electrons. The summed E-state index contributed by atoms with van der Waals surface area (Å²) in [6, 6.07) is 3.96. The van der Waals surface area contributed by atoms with Crippen LogP contribution in [0.25, 0.3) is 11.0 Å². The van der Waals surface area contributed by atoms with Crippen molar-refractivity contribution in [1.82, 2.24) is 5.32 Å². The van der Waals surface area contributed by atoms with E-state index in [-0.39, 0.29) is 22.3 Å². The van der Waals surface area contributed by atoms with Gasteiger partial charge in [0.15, 0.2) is 0 Å². The van der Waals surface area contributed by atoms with E-state index in [9.17, 15) is 26.7 Å². The average molecular weight is 389 g/mol. The van der Waals surface area contributed by atoms with Crippen LogP contribution in [0.3, 0.4) is 0 Å². The Balaban J connectivity index is 1.89. The molecule has 27 heavy (non-hydrogen) atoms. The highest BCUT2D eigenvalue weighted by molar-refractivity contribution is 6.02. The second-order valence-electron chi connectivity index (χ2n) is 5.70. The van der Waals surface area contributed by atoms with Crippen LogP contribution in [0.2, 0.25) is 0 Å². The summed E-state index contributed by atoms with van der Waals surface area (Å²) in [6.45, 7) is -0.785. The molecule has 5 nitrogen and oxygen atoms in total. The lowest BCUT2D eigenvalue weighted by atomic mass is 9.87. The molecule has 2 aromatic rings. The van der Waals surface area contributed by atoms with Crippen LogP contribution in [0.15, 0.2) is 52.8 Å². The first-order chi connectivity index (χ1) is 12.7. The normalized spacial score (nSPS) is 19.9. The molecule has 2 heterocycles. The maximum Gasteiger partial charge on any atom is 0.421 e. The van der Waals surface area contributed by atoms with E-state index < -0.39 is 36.3 Å². The van der Waals surface area contributed by atoms with Crippen molar-refractivity contribution in [1.29, 1.82) is 0 Å². The van der Waals surface area contributed by atoms with Crippen molar-refractivity contribution in [3.05, 3.63) is 54.0 Å². The number of alkyl halides is 5. The largest absolute Gasteiger partial charge is 0.489 e. The van der Waals surface area contributed by atoms with Gasteiger partial charge in [0.2, 0.25) is 5.54 Å². The van der Waals surface area contributed by atoms with E-state index in [1.54, 1.807) is 5.32 Å². The smallest absolute Gasteiger partial charge is 0.421 e. The Kier molecular flexibility index (Phi) is 4.58. The standard InChI is InChI=1S/C17H12F5NO4/c18-15(19)16(17(20,21)22)9(2-1-5-23-16)7-26-10-3-4-13-11(6-10)12(8-27-13)14(24)25/h1-6,8,15,23H,7H2,(H,24,25). The van der Waals surface area contributed by atoms with Gasteiger partial charge in [-0.3, -0.25) is 0 Å². The van der Waals surface area contributed by atoms with Gasteiger partial charge < -0.3 is 19.6 Å². The lowest BCUT2D eigenvalue weighted by Gasteiger charge is -2.38. The number of hydrogen-bond acceptors (Lipinski definition) is 4. The van der Waals surface area contributed by atoms with E-state index in [2.05, 4.69) is 0 Å². The fraction of sp³-hybridized carbons (Fsp3) is 0.235. The van der Waals surface area contributed by atoms with Gasteiger partial charge in [-0.15, -0.1) is 0 Å². The highest BCUT2D eigenvalue weighted by Crippen LogP contribution is 2.42. The Morgan fingerprint density at radius 2 is 2.07 bits per heavy atom. The van der Waals surface area contributed by atoms with E-state index in [1.807, 2.05) is 0 Å². The van der Waals surface area contributed by atoms with E-state index in [0.29, 0.717) is 0 Å². The van der Waals surface area contributed by atoms with Crippen molar-refractivity contribution in [2.75, 3.05) is 6.61 Å². The molecule has 1 aliphatic rings. The number of aromatic carboxylic acids is 1. The Hall–Kier alpha value is -3.04. The lowest BCUT2D eigenvalue weighted by Crippen LogP contribution is -2.63. The van der Waals surface area contributed by atoms with Gasteiger partial charge in [-0.25, -0.2) is 13.6 Å². The summed E-state index contributed by atoms with van der Waals surface area (Å²) in [6.07, 6.45) is -5.17. The number of carboxylic acid groups (broad SMARTS) is 1. The summed E-state index contributed by atoms with van der Waals surface area (Å²) in [4.78, 5) is 11.1. The second kappa shape index (κ2) is 6.60. The van der Waals surface area contributed by atoms with Crippen molar-refractivity contribution < 1.29 is 41.0 Å². The quantitative estimate of drug-likeness (QED) is 0.753. The summed E-state index contributed by atoms with van der Waals surface area (Å²) in [7, 11) is 0. The fourth-order valence-electron chi connectivity index (χ4n) is 2.75. The molecule has 1 aliphatic heterocycles. The third-order valence-corrected chi connectivity index (χ3v) is 4.16. The van der Waals surface area contributed by atoms with Crippen LogP contribution in [0.1, 0.15) is 10.4 Å². The second-order valence-corrected chi connectivity index (χ2v) is 5.70. The molecule has 10 heteroatoms. The van der Waals surface area contributed by atoms with Crippen molar-refractivity contribution in [2.24, 2.45) is 0 Å². The first-order valence-corrected chi connectivity index (χ1v) is 7.53. The molecule has 1 unspecified atom stereocenters. The number of fused-ring (bicyclic) bond motifs is 1. The lowest BCUT2D eigenvalue weighted by molar-refractivity contribution is -0.216. The van der Waals surface area contributed by atoms with Gasteiger partial charge in [-0.2, -0.15) is 13.2 Å². The molecule has 1 aromatic carbocycles. The maximum absolute atomic E-state index is 13.4. The number of rotatable bonds is 5. The highest BCUT2D eigenvalue weighted by Gasteiger charge is 2.63. The molecule has 1 atom stereocenters. The molecule has 1 aromatic heterocycles. The molecule has 2 N–H and O–H groups in total. The maximum atomic E-state index is 13.4. The Morgan fingerprint density at radius 3 is 2.70 bits per heavy atom. The number of allylic oxidation sites excluding steroid dienone is 2. The number of hydrogen-bond donors (Lipinski definition) is 2. The Labute approximate surface area is 148 Å². The van der Waals surface area contributed by atoms with Gasteiger partial charge >= 0.3 is 12.1 Å². The Bertz CT molecular complexity index is 931. The molecule has 144 valence electrons. The van der Waals surface area contributed by atoms with Crippen LogP contribution in [0.4, 0.5) is 22.0 Å². The summed E-state index contributed by atoms with van der Waals surface area (Å²) < 4.78 is 77.2. The number of dihydropyridines is 1. The monoisotopic (exact) mass is 389 g/mol. The number of ether oxygens (including phenoxy) is 1. The van der Waals surface area contributed by atoms with E-state index >= 15 is 0 Å². The number of nitrogens with one attached hydrogen (secondary N) is 1. The minimum Gasteiger partial charge on any atom is -0.489 e.